The smallest absolute Gasteiger partial charge is 0.315 e. The Morgan fingerprint density at radius 2 is 2.25 bits per heavy atom. The molecule has 1 saturated carbocycles. The number of halogens is 2. The highest BCUT2D eigenvalue weighted by atomic mass is 35.5. The molecule has 1 rings (SSSR count). The maximum Gasteiger partial charge on any atom is 0.315 e. The molecule has 2 unspecified atom stereocenters. The zero-order valence-electron chi connectivity index (χ0n) is 11.3. The lowest BCUT2D eigenvalue weighted by Crippen LogP contribution is -2.12. The van der Waals surface area contributed by atoms with Crippen LogP contribution in [0.2, 0.25) is 0 Å². The number of allylic oxidation sites excluding steroid dienone is 1. The molecule has 110 valence electrons. The van der Waals surface area contributed by atoms with Gasteiger partial charge in [0.1, 0.15) is 12.4 Å². The number of nitriles is 1. The molecule has 7 heteroatoms. The zero-order valence-corrected chi connectivity index (χ0v) is 12.8. The number of nitrogens with zero attached hydrogens (tertiary/aromatic N) is 2. The summed E-state index contributed by atoms with van der Waals surface area (Å²) in [7, 11) is 0. The number of rotatable bonds is 7. The van der Waals surface area contributed by atoms with Gasteiger partial charge >= 0.3 is 5.97 Å². The topological polar surface area (TPSA) is 71.7 Å². The minimum Gasteiger partial charge on any atom is -0.429 e. The molecule has 0 spiro atoms. The summed E-state index contributed by atoms with van der Waals surface area (Å²) in [5.74, 6) is -0.842. The van der Waals surface area contributed by atoms with Gasteiger partial charge in [-0.1, -0.05) is 48.8 Å². The molecule has 1 fully saturated rings. The van der Waals surface area contributed by atoms with Crippen LogP contribution >= 0.6 is 23.2 Å². The highest BCUT2D eigenvalue weighted by Gasteiger charge is 2.62. The standard InChI is InChI=1S/C13H16Cl2N2O3/c1-8(11(14)15)20-12(18)10-9(13(10,2)3)7-17-19-6-4-5-16/h7,9-11H,1,4,6H2,2-3H3/b17-7+. The second kappa shape index (κ2) is 6.96. The average molecular weight is 319 g/mol. The van der Waals surface area contributed by atoms with Crippen molar-refractivity contribution in [3.8, 4) is 6.07 Å². The van der Waals surface area contributed by atoms with E-state index in [1.807, 2.05) is 19.9 Å². The fourth-order valence-electron chi connectivity index (χ4n) is 1.90. The molecule has 0 aromatic rings. The molecule has 0 heterocycles. The van der Waals surface area contributed by atoms with Gasteiger partial charge in [-0.15, -0.1) is 0 Å². The number of ether oxygens (including phenoxy) is 1. The van der Waals surface area contributed by atoms with Crippen molar-refractivity contribution in [1.82, 2.24) is 0 Å². The molecule has 0 aromatic heterocycles. The predicted octanol–water partition coefficient (Wildman–Crippen LogP) is 3.04. The lowest BCUT2D eigenvalue weighted by molar-refractivity contribution is -0.141. The van der Waals surface area contributed by atoms with Crippen LogP contribution in [0.3, 0.4) is 0 Å². The normalized spacial score (nSPS) is 23.4. The lowest BCUT2D eigenvalue weighted by Gasteiger charge is -2.07. The number of oxime groups is 1. The summed E-state index contributed by atoms with van der Waals surface area (Å²) >= 11 is 11.1. The molecule has 20 heavy (non-hydrogen) atoms. The van der Waals surface area contributed by atoms with Crippen molar-refractivity contribution < 1.29 is 14.4 Å². The number of hydrogen-bond donors (Lipinski definition) is 0. The number of hydrogen-bond acceptors (Lipinski definition) is 5. The van der Waals surface area contributed by atoms with Crippen molar-refractivity contribution in [1.29, 1.82) is 5.26 Å². The quantitative estimate of drug-likeness (QED) is 0.181. The number of carbonyl (C=O) groups is 1. The van der Waals surface area contributed by atoms with Crippen LogP contribution in [0.5, 0.6) is 0 Å². The molecule has 2 atom stereocenters. The van der Waals surface area contributed by atoms with Crippen LogP contribution in [0, 0.1) is 28.6 Å². The third-order valence-electron chi connectivity index (χ3n) is 3.24. The first-order chi connectivity index (χ1) is 9.32. The first-order valence-electron chi connectivity index (χ1n) is 6.03. The third-order valence-corrected chi connectivity index (χ3v) is 3.73. The Balaban J connectivity index is 2.49. The molecular weight excluding hydrogens is 303 g/mol. The average Bonchev–Trinajstić information content (AvgIpc) is 2.90. The molecule has 1 aliphatic carbocycles. The summed E-state index contributed by atoms with van der Waals surface area (Å²) in [5.41, 5.74) is -0.270. The van der Waals surface area contributed by atoms with Crippen molar-refractivity contribution in [3.05, 3.63) is 12.3 Å². The van der Waals surface area contributed by atoms with Crippen LogP contribution < -0.4 is 0 Å². The summed E-state index contributed by atoms with van der Waals surface area (Å²) in [5, 5.41) is 12.1. The van der Waals surface area contributed by atoms with Crippen molar-refractivity contribution in [3.63, 3.8) is 0 Å². The largest absolute Gasteiger partial charge is 0.429 e. The summed E-state index contributed by atoms with van der Waals surface area (Å²) in [6, 6.07) is 1.94. The van der Waals surface area contributed by atoms with Gasteiger partial charge in [0.25, 0.3) is 0 Å². The Kier molecular flexibility index (Phi) is 5.85. The van der Waals surface area contributed by atoms with Crippen LogP contribution in [-0.2, 0) is 14.4 Å². The summed E-state index contributed by atoms with van der Waals surface area (Å²) in [6.07, 6.45) is 1.83. The van der Waals surface area contributed by atoms with E-state index in [0.717, 1.165) is 0 Å². The van der Waals surface area contributed by atoms with Crippen molar-refractivity contribution in [2.75, 3.05) is 6.61 Å². The summed E-state index contributed by atoms with van der Waals surface area (Å²) in [4.78, 5) is 15.9. The SMILES string of the molecule is C=C(OC(=O)C1C(/C=N/OCCC#N)C1(C)C)C(Cl)Cl. The van der Waals surface area contributed by atoms with E-state index in [0.29, 0.717) is 0 Å². The highest BCUT2D eigenvalue weighted by Crippen LogP contribution is 2.57. The number of carbonyl (C=O) groups excluding carboxylic acids is 1. The summed E-state index contributed by atoms with van der Waals surface area (Å²) < 4.78 is 5.00. The summed E-state index contributed by atoms with van der Waals surface area (Å²) in [6.45, 7) is 7.55. The van der Waals surface area contributed by atoms with E-state index in [4.69, 9.17) is 38.0 Å². The van der Waals surface area contributed by atoms with E-state index < -0.39 is 10.8 Å². The van der Waals surface area contributed by atoms with E-state index in [1.54, 1.807) is 6.21 Å². The van der Waals surface area contributed by atoms with E-state index in [9.17, 15) is 4.79 Å². The van der Waals surface area contributed by atoms with Gasteiger partial charge in [0.15, 0.2) is 4.84 Å². The molecule has 0 aliphatic heterocycles. The maximum absolute atomic E-state index is 11.9. The van der Waals surface area contributed by atoms with Gasteiger partial charge in [-0.25, -0.2) is 0 Å². The second-order valence-corrected chi connectivity index (χ2v) is 6.11. The molecule has 0 radical (unpaired) electrons. The Hall–Kier alpha value is -1.25. The van der Waals surface area contributed by atoms with Crippen LogP contribution in [-0.4, -0.2) is 23.6 Å². The molecular formula is C13H16Cl2N2O3. The fourth-order valence-corrected chi connectivity index (χ4v) is 1.98. The Morgan fingerprint density at radius 3 is 2.80 bits per heavy atom. The number of esters is 1. The van der Waals surface area contributed by atoms with E-state index >= 15 is 0 Å². The van der Waals surface area contributed by atoms with Gasteiger partial charge in [-0.05, 0) is 5.41 Å². The highest BCUT2D eigenvalue weighted by molar-refractivity contribution is 6.46. The van der Waals surface area contributed by atoms with Crippen LogP contribution in [0.4, 0.5) is 0 Å². The Bertz CT molecular complexity index is 455. The minimum absolute atomic E-state index is 0.0157. The first-order valence-corrected chi connectivity index (χ1v) is 6.90. The number of alkyl halides is 2. The monoisotopic (exact) mass is 318 g/mol. The Labute approximate surface area is 128 Å². The molecule has 0 N–H and O–H groups in total. The van der Waals surface area contributed by atoms with Crippen LogP contribution in [0.1, 0.15) is 20.3 Å². The van der Waals surface area contributed by atoms with E-state index in [-0.39, 0.29) is 36.0 Å². The van der Waals surface area contributed by atoms with Crippen molar-refractivity contribution in [2.24, 2.45) is 22.4 Å². The van der Waals surface area contributed by atoms with Crippen LogP contribution in [0.25, 0.3) is 0 Å². The van der Waals surface area contributed by atoms with Gasteiger partial charge in [0.2, 0.25) is 0 Å². The van der Waals surface area contributed by atoms with E-state index in [1.165, 1.54) is 0 Å². The minimum atomic E-state index is -0.942. The second-order valence-electron chi connectivity index (χ2n) is 5.01. The van der Waals surface area contributed by atoms with Crippen LogP contribution in [0.15, 0.2) is 17.5 Å². The van der Waals surface area contributed by atoms with Gasteiger partial charge < -0.3 is 9.57 Å². The molecule has 0 saturated heterocycles. The predicted molar refractivity (Wildman–Crippen MR) is 76.2 cm³/mol. The van der Waals surface area contributed by atoms with Gasteiger partial charge in [0, 0.05) is 12.1 Å². The van der Waals surface area contributed by atoms with Crippen molar-refractivity contribution in [2.45, 2.75) is 25.1 Å². The molecule has 0 aromatic carbocycles. The maximum atomic E-state index is 11.9. The fraction of sp³-hybridized carbons (Fsp3) is 0.615. The molecule has 1 aliphatic rings. The first kappa shape index (κ1) is 16.8. The Morgan fingerprint density at radius 1 is 1.60 bits per heavy atom. The molecule has 0 bridgehead atoms. The van der Waals surface area contributed by atoms with Crippen molar-refractivity contribution >= 4 is 35.4 Å². The third kappa shape index (κ3) is 4.12. The lowest BCUT2D eigenvalue weighted by atomic mass is 10.1. The molecule has 5 nitrogen and oxygen atoms in total. The van der Waals surface area contributed by atoms with Gasteiger partial charge in [-0.2, -0.15) is 5.26 Å². The van der Waals surface area contributed by atoms with Gasteiger partial charge in [0.05, 0.1) is 18.4 Å². The molecule has 0 amide bonds. The van der Waals surface area contributed by atoms with E-state index in [2.05, 4.69) is 11.7 Å². The van der Waals surface area contributed by atoms with Gasteiger partial charge in [-0.3, -0.25) is 4.79 Å². The zero-order chi connectivity index (χ0) is 15.3.